The van der Waals surface area contributed by atoms with Crippen molar-refractivity contribution in [2.45, 2.75) is 39.3 Å². The Hall–Kier alpha value is -1.39. The van der Waals surface area contributed by atoms with E-state index in [0.717, 1.165) is 32.5 Å². The number of carbonyl (C=O) groups excluding carboxylic acids is 1. The first-order chi connectivity index (χ1) is 9.58. The van der Waals surface area contributed by atoms with Crippen molar-refractivity contribution in [1.29, 1.82) is 0 Å². The number of nitrogens with zero attached hydrogens (tertiary/aromatic N) is 1. The number of hydrogen-bond acceptors (Lipinski definition) is 3. The number of benzene rings is 1. The molecule has 4 nitrogen and oxygen atoms in total. The quantitative estimate of drug-likeness (QED) is 0.852. The summed E-state index contributed by atoms with van der Waals surface area (Å²) in [5.74, 6) is -0.241. The van der Waals surface area contributed by atoms with Crippen LogP contribution in [-0.2, 0) is 11.3 Å². The highest BCUT2D eigenvalue weighted by molar-refractivity contribution is 5.76. The van der Waals surface area contributed by atoms with Crippen molar-refractivity contribution in [1.82, 2.24) is 10.2 Å². The Morgan fingerprint density at radius 2 is 1.90 bits per heavy atom. The molecule has 0 saturated carbocycles. The van der Waals surface area contributed by atoms with Crippen LogP contribution in [0.25, 0.3) is 0 Å². The van der Waals surface area contributed by atoms with E-state index in [4.69, 9.17) is 5.73 Å². The summed E-state index contributed by atoms with van der Waals surface area (Å²) in [5.41, 5.74) is 9.33. The molecule has 1 fully saturated rings. The predicted octanol–water partition coefficient (Wildman–Crippen LogP) is 1.34. The average molecular weight is 275 g/mol. The maximum atomic E-state index is 11.4. The number of hydrogen-bond donors (Lipinski definition) is 2. The first kappa shape index (κ1) is 15.0. The molecule has 0 radical (unpaired) electrons. The second kappa shape index (κ2) is 6.86. The molecule has 0 unspecified atom stereocenters. The van der Waals surface area contributed by atoms with Crippen LogP contribution < -0.4 is 11.1 Å². The molecule has 1 amide bonds. The molecule has 0 spiro atoms. The van der Waals surface area contributed by atoms with Crippen LogP contribution in [0, 0.1) is 13.8 Å². The van der Waals surface area contributed by atoms with E-state index in [9.17, 15) is 4.79 Å². The van der Waals surface area contributed by atoms with Crippen molar-refractivity contribution in [3.63, 3.8) is 0 Å². The minimum atomic E-state index is -0.241. The van der Waals surface area contributed by atoms with Crippen molar-refractivity contribution in [3.05, 3.63) is 34.9 Å². The number of amides is 1. The molecule has 1 aromatic rings. The number of rotatable bonds is 5. The Bertz CT molecular complexity index is 447. The molecule has 2 rings (SSSR count). The van der Waals surface area contributed by atoms with Crippen LogP contribution in [0.1, 0.15) is 29.5 Å². The van der Waals surface area contributed by atoms with E-state index < -0.39 is 0 Å². The van der Waals surface area contributed by atoms with Crippen LogP contribution in [0.3, 0.4) is 0 Å². The summed E-state index contributed by atoms with van der Waals surface area (Å²) < 4.78 is 0. The third-order valence-corrected chi connectivity index (χ3v) is 4.19. The molecule has 4 heteroatoms. The van der Waals surface area contributed by atoms with Crippen LogP contribution in [0.2, 0.25) is 0 Å². The zero-order valence-electron chi connectivity index (χ0n) is 12.5. The number of nitrogens with one attached hydrogen (secondary N) is 1. The van der Waals surface area contributed by atoms with E-state index in [-0.39, 0.29) is 5.91 Å². The second-order valence-corrected chi connectivity index (χ2v) is 5.72. The van der Waals surface area contributed by atoms with Crippen molar-refractivity contribution in [2.24, 2.45) is 5.73 Å². The summed E-state index contributed by atoms with van der Waals surface area (Å²) in [6.07, 6.45) is 2.16. The summed E-state index contributed by atoms with van der Waals surface area (Å²) >= 11 is 0. The number of carbonyl (C=O) groups is 1. The van der Waals surface area contributed by atoms with Gasteiger partial charge in [0.25, 0.3) is 0 Å². The van der Waals surface area contributed by atoms with E-state index in [2.05, 4.69) is 42.3 Å². The number of piperidine rings is 1. The monoisotopic (exact) mass is 275 g/mol. The molecule has 1 aliphatic rings. The van der Waals surface area contributed by atoms with Crippen molar-refractivity contribution >= 4 is 5.91 Å². The van der Waals surface area contributed by atoms with E-state index in [0.29, 0.717) is 12.6 Å². The van der Waals surface area contributed by atoms with E-state index >= 15 is 0 Å². The first-order valence-electron chi connectivity index (χ1n) is 7.36. The Morgan fingerprint density at radius 1 is 1.30 bits per heavy atom. The summed E-state index contributed by atoms with van der Waals surface area (Å²) in [6, 6.07) is 6.79. The van der Waals surface area contributed by atoms with Gasteiger partial charge in [0.1, 0.15) is 0 Å². The van der Waals surface area contributed by atoms with Gasteiger partial charge in [0.2, 0.25) is 5.91 Å². The standard InChI is InChI=1S/C16H25N3O/c1-12-4-3-5-13(2)15(12)10-19(11-16(17)20)14-6-8-18-9-7-14/h3-5,14,18H,6-11H2,1-2H3,(H2,17,20). The van der Waals surface area contributed by atoms with E-state index in [1.165, 1.54) is 16.7 Å². The van der Waals surface area contributed by atoms with Crippen LogP contribution >= 0.6 is 0 Å². The smallest absolute Gasteiger partial charge is 0.231 e. The third kappa shape index (κ3) is 3.81. The molecule has 3 N–H and O–H groups in total. The topological polar surface area (TPSA) is 58.4 Å². The lowest BCUT2D eigenvalue weighted by Crippen LogP contribution is -2.46. The molecule has 110 valence electrons. The Labute approximate surface area is 121 Å². The highest BCUT2D eigenvalue weighted by Crippen LogP contribution is 2.20. The lowest BCUT2D eigenvalue weighted by molar-refractivity contribution is -0.120. The van der Waals surface area contributed by atoms with Gasteiger partial charge in [-0.15, -0.1) is 0 Å². The van der Waals surface area contributed by atoms with Gasteiger partial charge in [-0.3, -0.25) is 9.69 Å². The first-order valence-corrected chi connectivity index (χ1v) is 7.36. The molecule has 1 aromatic carbocycles. The molecule has 0 aliphatic carbocycles. The van der Waals surface area contributed by atoms with Crippen LogP contribution in [0.5, 0.6) is 0 Å². The van der Waals surface area contributed by atoms with E-state index in [1.54, 1.807) is 0 Å². The van der Waals surface area contributed by atoms with Gasteiger partial charge in [-0.1, -0.05) is 18.2 Å². The normalized spacial score (nSPS) is 16.6. The molecule has 1 heterocycles. The van der Waals surface area contributed by atoms with Gasteiger partial charge >= 0.3 is 0 Å². The van der Waals surface area contributed by atoms with Crippen molar-refractivity contribution in [2.75, 3.05) is 19.6 Å². The summed E-state index contributed by atoms with van der Waals surface area (Å²) in [7, 11) is 0. The maximum absolute atomic E-state index is 11.4. The predicted molar refractivity (Wildman–Crippen MR) is 81.4 cm³/mol. The van der Waals surface area contributed by atoms with Gasteiger partial charge in [-0.2, -0.15) is 0 Å². The molecule has 0 bridgehead atoms. The van der Waals surface area contributed by atoms with Gasteiger partial charge in [0, 0.05) is 12.6 Å². The van der Waals surface area contributed by atoms with Crippen molar-refractivity contribution in [3.8, 4) is 0 Å². The number of primary amides is 1. The molecule has 1 saturated heterocycles. The zero-order chi connectivity index (χ0) is 14.5. The summed E-state index contributed by atoms with van der Waals surface area (Å²) in [6.45, 7) is 7.46. The fourth-order valence-corrected chi connectivity index (χ4v) is 2.99. The van der Waals surface area contributed by atoms with Crippen LogP contribution in [0.15, 0.2) is 18.2 Å². The highest BCUT2D eigenvalue weighted by Gasteiger charge is 2.23. The largest absolute Gasteiger partial charge is 0.369 e. The van der Waals surface area contributed by atoms with Gasteiger partial charge in [-0.05, 0) is 56.5 Å². The Balaban J connectivity index is 2.16. The van der Waals surface area contributed by atoms with Crippen molar-refractivity contribution < 1.29 is 4.79 Å². The lowest BCUT2D eigenvalue weighted by Gasteiger charge is -2.34. The summed E-state index contributed by atoms with van der Waals surface area (Å²) in [5, 5.41) is 3.37. The van der Waals surface area contributed by atoms with Gasteiger partial charge in [-0.25, -0.2) is 0 Å². The van der Waals surface area contributed by atoms with Crippen LogP contribution in [-0.4, -0.2) is 36.5 Å². The number of nitrogens with two attached hydrogens (primary N) is 1. The SMILES string of the molecule is Cc1cccc(C)c1CN(CC(N)=O)C1CCNCC1. The minimum Gasteiger partial charge on any atom is -0.369 e. The summed E-state index contributed by atoms with van der Waals surface area (Å²) in [4.78, 5) is 13.6. The average Bonchev–Trinajstić information content (AvgIpc) is 2.42. The zero-order valence-corrected chi connectivity index (χ0v) is 12.5. The molecular weight excluding hydrogens is 250 g/mol. The fourth-order valence-electron chi connectivity index (χ4n) is 2.99. The van der Waals surface area contributed by atoms with Gasteiger partial charge in [0.05, 0.1) is 6.54 Å². The Morgan fingerprint density at radius 3 is 2.45 bits per heavy atom. The Kier molecular flexibility index (Phi) is 5.15. The molecular formula is C16H25N3O. The maximum Gasteiger partial charge on any atom is 0.231 e. The molecule has 0 atom stereocenters. The lowest BCUT2D eigenvalue weighted by atomic mass is 9.99. The van der Waals surface area contributed by atoms with E-state index in [1.807, 2.05) is 0 Å². The highest BCUT2D eigenvalue weighted by atomic mass is 16.1. The third-order valence-electron chi connectivity index (χ3n) is 4.19. The minimum absolute atomic E-state index is 0.241. The fraction of sp³-hybridized carbons (Fsp3) is 0.562. The van der Waals surface area contributed by atoms with Crippen LogP contribution in [0.4, 0.5) is 0 Å². The molecule has 1 aliphatic heterocycles. The number of aryl methyl sites for hydroxylation is 2. The molecule has 20 heavy (non-hydrogen) atoms. The second-order valence-electron chi connectivity index (χ2n) is 5.72. The molecule has 0 aromatic heterocycles. The van der Waals surface area contributed by atoms with Gasteiger partial charge in [0.15, 0.2) is 0 Å². The van der Waals surface area contributed by atoms with Gasteiger partial charge < -0.3 is 11.1 Å².